The number of carbonyl (C=O) groups is 2. The molecule has 5 nitrogen and oxygen atoms in total. The van der Waals surface area contributed by atoms with Crippen LogP contribution in [-0.2, 0) is 9.53 Å². The summed E-state index contributed by atoms with van der Waals surface area (Å²) in [6.45, 7) is 3.55. The number of ether oxygens (including phenoxy) is 1. The number of amides is 1. The number of carbonyl (C=O) groups excluding carboxylic acids is 2. The van der Waals surface area contributed by atoms with Gasteiger partial charge in [-0.25, -0.2) is 9.78 Å². The summed E-state index contributed by atoms with van der Waals surface area (Å²) in [5.74, 6) is -0.952. The van der Waals surface area contributed by atoms with Crippen molar-refractivity contribution in [3.63, 3.8) is 0 Å². The summed E-state index contributed by atoms with van der Waals surface area (Å²) in [5, 5.41) is 3.46. The monoisotopic (exact) mass is 410 g/mol. The van der Waals surface area contributed by atoms with Gasteiger partial charge in [-0.1, -0.05) is 54.6 Å². The topological polar surface area (TPSA) is 68.3 Å². The van der Waals surface area contributed by atoms with Gasteiger partial charge in [0.1, 0.15) is 0 Å². The fraction of sp³-hybridized carbons (Fsp3) is 0.115. The smallest absolute Gasteiger partial charge is 0.339 e. The van der Waals surface area contributed by atoms with Crippen LogP contribution in [0.2, 0.25) is 0 Å². The Bertz CT molecular complexity index is 1250. The first-order valence-corrected chi connectivity index (χ1v) is 10.00. The van der Waals surface area contributed by atoms with Gasteiger partial charge in [0.05, 0.1) is 16.8 Å². The number of benzene rings is 3. The third-order valence-electron chi connectivity index (χ3n) is 4.85. The van der Waals surface area contributed by atoms with Gasteiger partial charge in [-0.3, -0.25) is 4.79 Å². The lowest BCUT2D eigenvalue weighted by molar-refractivity contribution is -0.119. The molecule has 0 aliphatic carbocycles. The standard InChI is InChI=1S/C26H22N2O3/c1-17-12-18(2)14-20(13-17)27-25(29)16-31-26(30)22-15-24(19-8-4-3-5-9-19)28-23-11-7-6-10-21(22)23/h3-15H,16H2,1-2H3,(H,27,29). The van der Waals surface area contributed by atoms with E-state index in [2.05, 4.69) is 10.3 Å². The van der Waals surface area contributed by atoms with Crippen LogP contribution in [0, 0.1) is 13.8 Å². The first-order chi connectivity index (χ1) is 15.0. The lowest BCUT2D eigenvalue weighted by Gasteiger charge is -2.11. The average molecular weight is 410 g/mol. The van der Waals surface area contributed by atoms with Gasteiger partial charge in [-0.05, 0) is 49.2 Å². The second kappa shape index (κ2) is 8.79. The first-order valence-electron chi connectivity index (χ1n) is 10.00. The van der Waals surface area contributed by atoms with Crippen molar-refractivity contribution in [2.24, 2.45) is 0 Å². The van der Waals surface area contributed by atoms with Gasteiger partial charge in [-0.2, -0.15) is 0 Å². The molecule has 1 heterocycles. The van der Waals surface area contributed by atoms with Crippen LogP contribution in [0.15, 0.2) is 78.9 Å². The minimum atomic E-state index is -0.564. The maximum Gasteiger partial charge on any atom is 0.339 e. The summed E-state index contributed by atoms with van der Waals surface area (Å²) in [6.07, 6.45) is 0. The maximum absolute atomic E-state index is 12.9. The number of fused-ring (bicyclic) bond motifs is 1. The predicted molar refractivity (Wildman–Crippen MR) is 122 cm³/mol. The zero-order valence-corrected chi connectivity index (χ0v) is 17.4. The molecule has 0 unspecified atom stereocenters. The van der Waals surface area contributed by atoms with Crippen molar-refractivity contribution in [3.8, 4) is 11.3 Å². The number of anilines is 1. The van der Waals surface area contributed by atoms with Crippen molar-refractivity contribution in [1.29, 1.82) is 0 Å². The quantitative estimate of drug-likeness (QED) is 0.453. The predicted octanol–water partition coefficient (Wildman–Crippen LogP) is 5.31. The van der Waals surface area contributed by atoms with Crippen LogP contribution in [0.1, 0.15) is 21.5 Å². The zero-order valence-electron chi connectivity index (χ0n) is 17.4. The van der Waals surface area contributed by atoms with Crippen molar-refractivity contribution in [1.82, 2.24) is 4.98 Å². The normalized spacial score (nSPS) is 10.6. The zero-order chi connectivity index (χ0) is 21.8. The number of hydrogen-bond donors (Lipinski definition) is 1. The molecule has 1 amide bonds. The summed E-state index contributed by atoms with van der Waals surface area (Å²) < 4.78 is 5.34. The SMILES string of the molecule is Cc1cc(C)cc(NC(=O)COC(=O)c2cc(-c3ccccc3)nc3ccccc23)c1. The summed E-state index contributed by atoms with van der Waals surface area (Å²) in [6, 6.07) is 24.5. The van der Waals surface area contributed by atoms with Gasteiger partial charge < -0.3 is 10.1 Å². The van der Waals surface area contributed by atoms with Crippen LogP contribution >= 0.6 is 0 Å². The summed E-state index contributed by atoms with van der Waals surface area (Å²) in [5.41, 5.74) is 5.41. The van der Waals surface area contributed by atoms with E-state index in [1.807, 2.05) is 86.6 Å². The molecule has 4 aromatic rings. The number of aromatic nitrogens is 1. The summed E-state index contributed by atoms with van der Waals surface area (Å²) >= 11 is 0. The van der Waals surface area contributed by atoms with Gasteiger partial charge in [0.2, 0.25) is 0 Å². The van der Waals surface area contributed by atoms with Crippen molar-refractivity contribution in [3.05, 3.63) is 95.6 Å². The van der Waals surface area contributed by atoms with E-state index in [9.17, 15) is 9.59 Å². The van der Waals surface area contributed by atoms with E-state index in [4.69, 9.17) is 4.74 Å². The van der Waals surface area contributed by atoms with Crippen LogP contribution in [0.5, 0.6) is 0 Å². The van der Waals surface area contributed by atoms with Gasteiger partial charge in [-0.15, -0.1) is 0 Å². The second-order valence-electron chi connectivity index (χ2n) is 7.44. The molecule has 0 saturated heterocycles. The Morgan fingerprint density at radius 2 is 1.55 bits per heavy atom. The molecule has 0 saturated carbocycles. The molecule has 3 aromatic carbocycles. The molecule has 4 rings (SSSR count). The number of rotatable bonds is 5. The van der Waals surface area contributed by atoms with Gasteiger partial charge in [0.25, 0.3) is 5.91 Å². The number of esters is 1. The number of pyridine rings is 1. The van der Waals surface area contributed by atoms with E-state index >= 15 is 0 Å². The molecular weight excluding hydrogens is 388 g/mol. The van der Waals surface area contributed by atoms with Crippen LogP contribution in [0.4, 0.5) is 5.69 Å². The van der Waals surface area contributed by atoms with E-state index < -0.39 is 5.97 Å². The molecule has 5 heteroatoms. The van der Waals surface area contributed by atoms with Crippen LogP contribution in [0.3, 0.4) is 0 Å². The second-order valence-corrected chi connectivity index (χ2v) is 7.44. The average Bonchev–Trinajstić information content (AvgIpc) is 2.76. The molecule has 0 aliphatic heterocycles. The van der Waals surface area contributed by atoms with Crippen LogP contribution in [-0.4, -0.2) is 23.5 Å². The minimum absolute atomic E-state index is 0.372. The number of nitrogens with one attached hydrogen (secondary N) is 1. The lowest BCUT2D eigenvalue weighted by atomic mass is 10.0. The highest BCUT2D eigenvalue weighted by Crippen LogP contribution is 2.25. The van der Waals surface area contributed by atoms with Crippen molar-refractivity contribution < 1.29 is 14.3 Å². The fourth-order valence-corrected chi connectivity index (χ4v) is 3.55. The van der Waals surface area contributed by atoms with E-state index in [1.165, 1.54) is 0 Å². The minimum Gasteiger partial charge on any atom is -0.452 e. The van der Waals surface area contributed by atoms with E-state index in [1.54, 1.807) is 6.07 Å². The molecule has 154 valence electrons. The number of aryl methyl sites for hydroxylation is 2. The molecule has 0 radical (unpaired) electrons. The molecule has 1 aromatic heterocycles. The number of para-hydroxylation sites is 1. The van der Waals surface area contributed by atoms with E-state index in [0.717, 1.165) is 16.7 Å². The van der Waals surface area contributed by atoms with E-state index in [-0.39, 0.29) is 12.5 Å². The molecule has 0 spiro atoms. The molecule has 0 bridgehead atoms. The molecular formula is C26H22N2O3. The third kappa shape index (κ3) is 4.78. The first kappa shape index (κ1) is 20.3. The highest BCUT2D eigenvalue weighted by molar-refractivity contribution is 6.05. The third-order valence-corrected chi connectivity index (χ3v) is 4.85. The van der Waals surface area contributed by atoms with Crippen LogP contribution < -0.4 is 5.32 Å². The fourth-order valence-electron chi connectivity index (χ4n) is 3.55. The summed E-state index contributed by atoms with van der Waals surface area (Å²) in [4.78, 5) is 29.9. The van der Waals surface area contributed by atoms with Gasteiger partial charge in [0.15, 0.2) is 6.61 Å². The Kier molecular flexibility index (Phi) is 5.76. The number of hydrogen-bond acceptors (Lipinski definition) is 4. The van der Waals surface area contributed by atoms with Crippen molar-refractivity contribution in [2.75, 3.05) is 11.9 Å². The highest BCUT2D eigenvalue weighted by Gasteiger charge is 2.16. The maximum atomic E-state index is 12.9. The highest BCUT2D eigenvalue weighted by atomic mass is 16.5. The molecule has 1 N–H and O–H groups in total. The summed E-state index contributed by atoms with van der Waals surface area (Å²) in [7, 11) is 0. The number of nitrogens with zero attached hydrogens (tertiary/aromatic N) is 1. The van der Waals surface area contributed by atoms with Crippen LogP contribution in [0.25, 0.3) is 22.2 Å². The van der Waals surface area contributed by atoms with Crippen molar-refractivity contribution in [2.45, 2.75) is 13.8 Å². The Morgan fingerprint density at radius 3 is 2.29 bits per heavy atom. The molecule has 0 aliphatic rings. The Hall–Kier alpha value is -3.99. The largest absolute Gasteiger partial charge is 0.452 e. The van der Waals surface area contributed by atoms with Crippen molar-refractivity contribution >= 4 is 28.5 Å². The van der Waals surface area contributed by atoms with Gasteiger partial charge in [0, 0.05) is 16.6 Å². The Morgan fingerprint density at radius 1 is 0.871 bits per heavy atom. The van der Waals surface area contributed by atoms with Gasteiger partial charge >= 0.3 is 5.97 Å². The molecule has 31 heavy (non-hydrogen) atoms. The lowest BCUT2D eigenvalue weighted by Crippen LogP contribution is -2.21. The molecule has 0 atom stereocenters. The Labute approximate surface area is 180 Å². The molecule has 0 fully saturated rings. The Balaban J connectivity index is 1.55. The van der Waals surface area contributed by atoms with E-state index in [0.29, 0.717) is 27.8 Å².